The zero-order valence-electron chi connectivity index (χ0n) is 7.69. The topological polar surface area (TPSA) is 62.6 Å². The molecule has 13 heavy (non-hydrogen) atoms. The molecule has 0 saturated heterocycles. The smallest absolute Gasteiger partial charge is 0.478 e. The standard InChI is InChI=1S/C8H12BNO3/c1-3-13-8-5-4-7(9(11)12)6(2)10-8/h4-5,11-12H,3H2,1-2H3. The summed E-state index contributed by atoms with van der Waals surface area (Å²) in [5, 5.41) is 17.8. The highest BCUT2D eigenvalue weighted by Crippen LogP contribution is 2.05. The average Bonchev–Trinajstić information content (AvgIpc) is 2.04. The van der Waals surface area contributed by atoms with Crippen molar-refractivity contribution in [3.05, 3.63) is 17.8 Å². The fourth-order valence-electron chi connectivity index (χ4n) is 1.05. The zero-order valence-corrected chi connectivity index (χ0v) is 7.69. The number of nitrogens with zero attached hydrogens (tertiary/aromatic N) is 1. The van der Waals surface area contributed by atoms with E-state index in [-0.39, 0.29) is 0 Å². The lowest BCUT2D eigenvalue weighted by atomic mass is 9.79. The Balaban J connectivity index is 2.92. The van der Waals surface area contributed by atoms with Crippen LogP contribution in [0.15, 0.2) is 12.1 Å². The highest BCUT2D eigenvalue weighted by atomic mass is 16.5. The lowest BCUT2D eigenvalue weighted by Gasteiger charge is -2.06. The van der Waals surface area contributed by atoms with E-state index in [9.17, 15) is 0 Å². The van der Waals surface area contributed by atoms with Gasteiger partial charge in [0.2, 0.25) is 5.88 Å². The molecule has 0 atom stereocenters. The highest BCUT2D eigenvalue weighted by molar-refractivity contribution is 6.59. The van der Waals surface area contributed by atoms with Crippen molar-refractivity contribution in [1.82, 2.24) is 4.98 Å². The summed E-state index contributed by atoms with van der Waals surface area (Å²) < 4.78 is 5.15. The van der Waals surface area contributed by atoms with Crippen molar-refractivity contribution < 1.29 is 14.8 Å². The van der Waals surface area contributed by atoms with Gasteiger partial charge in [-0.3, -0.25) is 0 Å². The van der Waals surface area contributed by atoms with Crippen LogP contribution in [0.5, 0.6) is 5.88 Å². The molecule has 0 aliphatic heterocycles. The van der Waals surface area contributed by atoms with E-state index in [1.54, 1.807) is 19.1 Å². The van der Waals surface area contributed by atoms with E-state index in [1.165, 1.54) is 0 Å². The van der Waals surface area contributed by atoms with Gasteiger partial charge in [0.05, 0.1) is 6.61 Å². The first-order valence-corrected chi connectivity index (χ1v) is 4.11. The lowest BCUT2D eigenvalue weighted by molar-refractivity contribution is 0.326. The summed E-state index contributed by atoms with van der Waals surface area (Å²) in [5.41, 5.74) is 0.976. The Bertz CT molecular complexity index is 291. The first-order valence-electron chi connectivity index (χ1n) is 4.11. The third kappa shape index (κ3) is 2.43. The van der Waals surface area contributed by atoms with Crippen molar-refractivity contribution in [2.24, 2.45) is 0 Å². The van der Waals surface area contributed by atoms with Crippen LogP contribution in [-0.4, -0.2) is 28.8 Å². The number of ether oxygens (including phenoxy) is 1. The van der Waals surface area contributed by atoms with Crippen molar-refractivity contribution in [2.45, 2.75) is 13.8 Å². The molecule has 0 bridgehead atoms. The molecule has 0 unspecified atom stereocenters. The largest absolute Gasteiger partial charge is 0.490 e. The van der Waals surface area contributed by atoms with Crippen LogP contribution in [0.1, 0.15) is 12.6 Å². The van der Waals surface area contributed by atoms with Gasteiger partial charge in [-0.2, -0.15) is 0 Å². The molecule has 4 nitrogen and oxygen atoms in total. The van der Waals surface area contributed by atoms with Crippen LogP contribution < -0.4 is 10.2 Å². The van der Waals surface area contributed by atoms with E-state index in [2.05, 4.69) is 4.98 Å². The molecule has 0 aromatic carbocycles. The third-order valence-corrected chi connectivity index (χ3v) is 1.67. The molecule has 5 heteroatoms. The predicted octanol–water partition coefficient (Wildman–Crippen LogP) is -0.531. The number of rotatable bonds is 3. The van der Waals surface area contributed by atoms with Gasteiger partial charge in [0.25, 0.3) is 0 Å². The van der Waals surface area contributed by atoms with Crippen LogP contribution in [-0.2, 0) is 0 Å². The Labute approximate surface area is 77.3 Å². The van der Waals surface area contributed by atoms with E-state index in [0.29, 0.717) is 23.6 Å². The maximum Gasteiger partial charge on any atom is 0.490 e. The van der Waals surface area contributed by atoms with E-state index >= 15 is 0 Å². The molecule has 2 N–H and O–H groups in total. The average molecular weight is 181 g/mol. The molecule has 0 aliphatic carbocycles. The molecule has 0 saturated carbocycles. The second-order valence-electron chi connectivity index (χ2n) is 2.63. The third-order valence-electron chi connectivity index (χ3n) is 1.67. The first-order chi connectivity index (χ1) is 6.15. The predicted molar refractivity (Wildman–Crippen MR) is 50.0 cm³/mol. The Morgan fingerprint density at radius 1 is 1.46 bits per heavy atom. The van der Waals surface area contributed by atoms with Crippen LogP contribution in [0.25, 0.3) is 0 Å². The minimum absolute atomic E-state index is 0.406. The Hall–Kier alpha value is -1.07. The van der Waals surface area contributed by atoms with E-state index in [1.807, 2.05) is 6.92 Å². The van der Waals surface area contributed by atoms with E-state index in [0.717, 1.165) is 0 Å². The first kappa shape index (κ1) is 10.0. The van der Waals surface area contributed by atoms with Gasteiger partial charge in [-0.15, -0.1) is 0 Å². The van der Waals surface area contributed by atoms with Crippen LogP contribution in [0.2, 0.25) is 0 Å². The van der Waals surface area contributed by atoms with Gasteiger partial charge in [0.1, 0.15) is 0 Å². The molecule has 0 fully saturated rings. The lowest BCUT2D eigenvalue weighted by Crippen LogP contribution is -2.32. The quantitative estimate of drug-likeness (QED) is 0.615. The molecule has 0 amide bonds. The summed E-state index contributed by atoms with van der Waals surface area (Å²) in [4.78, 5) is 4.04. The maximum atomic E-state index is 8.90. The fraction of sp³-hybridized carbons (Fsp3) is 0.375. The van der Waals surface area contributed by atoms with Gasteiger partial charge in [-0.1, -0.05) is 6.07 Å². The molecule has 0 radical (unpaired) electrons. The van der Waals surface area contributed by atoms with E-state index in [4.69, 9.17) is 14.8 Å². The molecular weight excluding hydrogens is 169 g/mol. The molecule has 0 spiro atoms. The summed E-state index contributed by atoms with van der Waals surface area (Å²) in [6.07, 6.45) is 0. The summed E-state index contributed by atoms with van der Waals surface area (Å²) in [6.45, 7) is 4.12. The number of pyridine rings is 1. The molecule has 70 valence electrons. The minimum Gasteiger partial charge on any atom is -0.478 e. The van der Waals surface area contributed by atoms with Gasteiger partial charge >= 0.3 is 7.12 Å². The second-order valence-corrected chi connectivity index (χ2v) is 2.63. The molecule has 1 rings (SSSR count). The summed E-state index contributed by atoms with van der Waals surface area (Å²) in [6, 6.07) is 3.21. The summed E-state index contributed by atoms with van der Waals surface area (Å²) in [7, 11) is -1.47. The highest BCUT2D eigenvalue weighted by Gasteiger charge is 2.14. The summed E-state index contributed by atoms with van der Waals surface area (Å²) >= 11 is 0. The van der Waals surface area contributed by atoms with Gasteiger partial charge in [0, 0.05) is 11.2 Å². The second kappa shape index (κ2) is 4.25. The van der Waals surface area contributed by atoms with Gasteiger partial charge in [-0.05, 0) is 19.9 Å². The Morgan fingerprint density at radius 3 is 2.62 bits per heavy atom. The maximum absolute atomic E-state index is 8.90. The molecule has 1 aromatic rings. The number of aromatic nitrogens is 1. The number of aryl methyl sites for hydroxylation is 1. The molecule has 0 aliphatic rings. The Morgan fingerprint density at radius 2 is 2.15 bits per heavy atom. The summed E-state index contributed by atoms with van der Waals surface area (Å²) in [5.74, 6) is 0.504. The van der Waals surface area contributed by atoms with Crippen LogP contribution >= 0.6 is 0 Å². The van der Waals surface area contributed by atoms with Crippen LogP contribution in [0, 0.1) is 6.92 Å². The van der Waals surface area contributed by atoms with Gasteiger partial charge in [0.15, 0.2) is 0 Å². The van der Waals surface area contributed by atoms with Crippen molar-refractivity contribution in [2.75, 3.05) is 6.61 Å². The zero-order chi connectivity index (χ0) is 9.84. The van der Waals surface area contributed by atoms with Crippen molar-refractivity contribution >= 4 is 12.6 Å². The van der Waals surface area contributed by atoms with Gasteiger partial charge < -0.3 is 14.8 Å². The minimum atomic E-state index is -1.47. The SMILES string of the molecule is CCOc1ccc(B(O)O)c(C)n1. The monoisotopic (exact) mass is 181 g/mol. The number of hydrogen-bond donors (Lipinski definition) is 2. The fourth-order valence-corrected chi connectivity index (χ4v) is 1.05. The molecular formula is C8H12BNO3. The van der Waals surface area contributed by atoms with Crippen LogP contribution in [0.4, 0.5) is 0 Å². The Kier molecular flexibility index (Phi) is 3.28. The van der Waals surface area contributed by atoms with Crippen LogP contribution in [0.3, 0.4) is 0 Å². The van der Waals surface area contributed by atoms with Crippen molar-refractivity contribution in [1.29, 1.82) is 0 Å². The number of hydrogen-bond acceptors (Lipinski definition) is 4. The molecule has 1 aromatic heterocycles. The van der Waals surface area contributed by atoms with Gasteiger partial charge in [-0.25, -0.2) is 4.98 Å². The normalized spacial score (nSPS) is 9.85. The molecule has 1 heterocycles. The van der Waals surface area contributed by atoms with E-state index < -0.39 is 7.12 Å². The van der Waals surface area contributed by atoms with Crippen molar-refractivity contribution in [3.8, 4) is 5.88 Å². The van der Waals surface area contributed by atoms with Crippen molar-refractivity contribution in [3.63, 3.8) is 0 Å².